The number of para-hydroxylation sites is 2. The van der Waals surface area contributed by atoms with E-state index in [-0.39, 0.29) is 5.41 Å². The largest absolute Gasteiger partial charge is 0.355 e. The molecule has 2 nitrogen and oxygen atoms in total. The fraction of sp³-hybridized carbons (Fsp3) is 0.0714. The summed E-state index contributed by atoms with van der Waals surface area (Å²) in [6, 6.07) is 75.0. The molecule has 0 bridgehead atoms. The van der Waals surface area contributed by atoms with Gasteiger partial charge in [-0.3, -0.25) is 0 Å². The summed E-state index contributed by atoms with van der Waals surface area (Å²) in [6.45, 7) is 6.98. The molecule has 0 aromatic heterocycles. The lowest BCUT2D eigenvalue weighted by molar-refractivity contribution is 0.660. The van der Waals surface area contributed by atoms with Crippen molar-refractivity contribution in [3.63, 3.8) is 0 Å². The molecule has 2 heteroatoms. The zero-order valence-corrected chi connectivity index (χ0v) is 33.1. The summed E-state index contributed by atoms with van der Waals surface area (Å²) in [6.07, 6.45) is 0. The topological polar surface area (TPSA) is 15.3 Å². The summed E-state index contributed by atoms with van der Waals surface area (Å²) < 4.78 is 0. The third kappa shape index (κ3) is 6.24. The van der Waals surface area contributed by atoms with E-state index >= 15 is 0 Å². The van der Waals surface area contributed by atoms with E-state index in [0.29, 0.717) is 0 Å². The molecule has 0 amide bonds. The molecule has 1 N–H and O–H groups in total. The second kappa shape index (κ2) is 14.4. The summed E-state index contributed by atoms with van der Waals surface area (Å²) >= 11 is 0. The number of anilines is 5. The molecule has 278 valence electrons. The first kappa shape index (κ1) is 35.3. The number of benzene rings is 9. The highest BCUT2D eigenvalue weighted by Crippen LogP contribution is 2.52. The number of nitrogens with one attached hydrogen (secondary N) is 1. The fourth-order valence-electron chi connectivity index (χ4n) is 8.95. The lowest BCUT2D eigenvalue weighted by Crippen LogP contribution is -2.17. The lowest BCUT2D eigenvalue weighted by atomic mass is 9.82. The molecule has 1 aliphatic carbocycles. The highest BCUT2D eigenvalue weighted by atomic mass is 15.1. The molecule has 0 spiro atoms. The molecule has 0 radical (unpaired) electrons. The summed E-state index contributed by atoms with van der Waals surface area (Å²) in [7, 11) is 0. The van der Waals surface area contributed by atoms with Gasteiger partial charge in [-0.15, -0.1) is 0 Å². The van der Waals surface area contributed by atoms with E-state index in [2.05, 4.69) is 231 Å². The maximum absolute atomic E-state index is 3.61. The molecular formula is C56H44N2. The van der Waals surface area contributed by atoms with Crippen molar-refractivity contribution >= 4 is 39.2 Å². The van der Waals surface area contributed by atoms with E-state index in [1.165, 1.54) is 72.0 Å². The first-order valence-corrected chi connectivity index (χ1v) is 20.2. The Labute approximate surface area is 341 Å². The van der Waals surface area contributed by atoms with Crippen LogP contribution < -0.4 is 10.2 Å². The van der Waals surface area contributed by atoms with Crippen LogP contribution in [0.1, 0.15) is 30.5 Å². The smallest absolute Gasteiger partial charge is 0.0546 e. The highest BCUT2D eigenvalue weighted by Gasteiger charge is 2.37. The van der Waals surface area contributed by atoms with Crippen LogP contribution in [-0.2, 0) is 5.41 Å². The molecule has 0 fully saturated rings. The van der Waals surface area contributed by atoms with Crippen LogP contribution in [0.25, 0.3) is 55.3 Å². The van der Waals surface area contributed by atoms with Crippen molar-refractivity contribution in [2.75, 3.05) is 10.2 Å². The maximum atomic E-state index is 3.61. The van der Waals surface area contributed by atoms with Gasteiger partial charge in [0.2, 0.25) is 0 Å². The van der Waals surface area contributed by atoms with Crippen LogP contribution in [-0.4, -0.2) is 0 Å². The Balaban J connectivity index is 1.07. The predicted octanol–water partition coefficient (Wildman–Crippen LogP) is 15.7. The van der Waals surface area contributed by atoms with Gasteiger partial charge in [0.05, 0.1) is 5.69 Å². The van der Waals surface area contributed by atoms with Crippen molar-refractivity contribution in [2.45, 2.75) is 26.2 Å². The van der Waals surface area contributed by atoms with Crippen molar-refractivity contribution in [3.05, 3.63) is 223 Å². The summed E-state index contributed by atoms with van der Waals surface area (Å²) in [5, 5.41) is 6.04. The van der Waals surface area contributed by atoms with Gasteiger partial charge in [0.1, 0.15) is 0 Å². The van der Waals surface area contributed by atoms with Crippen LogP contribution >= 0.6 is 0 Å². The van der Waals surface area contributed by atoms with Gasteiger partial charge in [0.25, 0.3) is 0 Å². The van der Waals surface area contributed by atoms with E-state index in [0.717, 1.165) is 28.4 Å². The number of fused-ring (bicyclic) bond motifs is 4. The van der Waals surface area contributed by atoms with Crippen molar-refractivity contribution in [1.29, 1.82) is 0 Å². The molecule has 9 aromatic rings. The fourth-order valence-corrected chi connectivity index (χ4v) is 8.95. The first-order chi connectivity index (χ1) is 28.4. The molecule has 1 aliphatic rings. The SMILES string of the molecule is Cc1cccc2c1-c1ccc(N(c3ccc(-c4ccc(-c5ccccc5Nc5ccccc5)cc4)cc3)c3cc4ccccc4cc3-c3ccccc3)cc1C2(C)C. The van der Waals surface area contributed by atoms with E-state index in [4.69, 9.17) is 0 Å². The molecule has 0 atom stereocenters. The van der Waals surface area contributed by atoms with Crippen LogP contribution in [0.3, 0.4) is 0 Å². The van der Waals surface area contributed by atoms with Gasteiger partial charge >= 0.3 is 0 Å². The van der Waals surface area contributed by atoms with E-state index < -0.39 is 0 Å². The zero-order chi connectivity index (χ0) is 39.2. The van der Waals surface area contributed by atoms with Crippen LogP contribution in [0.5, 0.6) is 0 Å². The van der Waals surface area contributed by atoms with Gasteiger partial charge < -0.3 is 10.2 Å². The molecule has 0 aliphatic heterocycles. The maximum Gasteiger partial charge on any atom is 0.0546 e. The van der Waals surface area contributed by atoms with Crippen LogP contribution in [0.4, 0.5) is 28.4 Å². The Bertz CT molecular complexity index is 2930. The third-order valence-corrected chi connectivity index (χ3v) is 12.0. The van der Waals surface area contributed by atoms with Crippen LogP contribution in [0.2, 0.25) is 0 Å². The van der Waals surface area contributed by atoms with Crippen molar-refractivity contribution in [2.24, 2.45) is 0 Å². The van der Waals surface area contributed by atoms with Gasteiger partial charge in [0, 0.05) is 39.3 Å². The Morgan fingerprint density at radius 2 is 1.00 bits per heavy atom. The predicted molar refractivity (Wildman–Crippen MR) is 247 cm³/mol. The molecule has 0 saturated carbocycles. The van der Waals surface area contributed by atoms with E-state index in [1.54, 1.807) is 0 Å². The van der Waals surface area contributed by atoms with Crippen molar-refractivity contribution in [1.82, 2.24) is 0 Å². The minimum Gasteiger partial charge on any atom is -0.355 e. The third-order valence-electron chi connectivity index (χ3n) is 12.0. The summed E-state index contributed by atoms with van der Waals surface area (Å²) in [5.74, 6) is 0. The second-order valence-corrected chi connectivity index (χ2v) is 15.9. The number of hydrogen-bond acceptors (Lipinski definition) is 2. The second-order valence-electron chi connectivity index (χ2n) is 15.9. The molecule has 0 heterocycles. The van der Waals surface area contributed by atoms with Gasteiger partial charge in [-0.25, -0.2) is 0 Å². The summed E-state index contributed by atoms with van der Waals surface area (Å²) in [4.78, 5) is 2.46. The molecule has 58 heavy (non-hydrogen) atoms. The molecular weight excluding hydrogens is 701 g/mol. The molecule has 9 aromatic carbocycles. The molecule has 10 rings (SSSR count). The Morgan fingerprint density at radius 1 is 0.414 bits per heavy atom. The number of hydrogen-bond donors (Lipinski definition) is 1. The average Bonchev–Trinajstić information content (AvgIpc) is 3.51. The lowest BCUT2D eigenvalue weighted by Gasteiger charge is -2.30. The minimum absolute atomic E-state index is 0.127. The molecule has 0 saturated heterocycles. The quantitative estimate of drug-likeness (QED) is 0.167. The van der Waals surface area contributed by atoms with Crippen LogP contribution in [0.15, 0.2) is 206 Å². The Morgan fingerprint density at radius 3 is 1.74 bits per heavy atom. The van der Waals surface area contributed by atoms with Gasteiger partial charge in [-0.1, -0.05) is 166 Å². The minimum atomic E-state index is -0.127. The average molecular weight is 745 g/mol. The Kier molecular flexibility index (Phi) is 8.76. The highest BCUT2D eigenvalue weighted by molar-refractivity contribution is 5.99. The Hall–Kier alpha value is -7.16. The monoisotopic (exact) mass is 744 g/mol. The van der Waals surface area contributed by atoms with Gasteiger partial charge in [-0.05, 0) is 122 Å². The van der Waals surface area contributed by atoms with E-state index in [1.807, 2.05) is 6.07 Å². The van der Waals surface area contributed by atoms with Gasteiger partial charge in [0.15, 0.2) is 0 Å². The summed E-state index contributed by atoms with van der Waals surface area (Å²) in [5.41, 5.74) is 19.3. The zero-order valence-electron chi connectivity index (χ0n) is 33.1. The van der Waals surface area contributed by atoms with Gasteiger partial charge in [-0.2, -0.15) is 0 Å². The van der Waals surface area contributed by atoms with Crippen LogP contribution in [0, 0.1) is 6.92 Å². The van der Waals surface area contributed by atoms with Crippen molar-refractivity contribution < 1.29 is 0 Å². The molecule has 0 unspecified atom stereocenters. The number of rotatable bonds is 8. The standard InChI is InChI=1S/C56H44N2/c1-38-15-14-23-51-55(38)49-34-33-47(37-52(49)56(51,2)3)58(54-36-44-19-11-10-18-43(44)35-50(54)41-16-6-4-7-17-41)46-31-29-40(30-32-46)39-25-27-42(28-26-39)48-22-12-13-24-53(48)57-45-20-8-5-9-21-45/h4-37,57H,1-3H3. The first-order valence-electron chi connectivity index (χ1n) is 20.2. The number of aryl methyl sites for hydroxylation is 1. The van der Waals surface area contributed by atoms with Crippen molar-refractivity contribution in [3.8, 4) is 44.5 Å². The normalized spacial score (nSPS) is 12.5. The number of nitrogens with zero attached hydrogens (tertiary/aromatic N) is 1. The van der Waals surface area contributed by atoms with E-state index in [9.17, 15) is 0 Å².